The molecule has 4 heteroatoms. The third-order valence-corrected chi connectivity index (χ3v) is 5.30. The first-order valence-electron chi connectivity index (χ1n) is 9.39. The Hall–Kier alpha value is -2.10. The van der Waals surface area contributed by atoms with E-state index in [4.69, 9.17) is 0 Å². The maximum absolute atomic E-state index is 12.6. The Labute approximate surface area is 150 Å². The standard InChI is InChI=1S/C21H29N3O/c1-15-14-18(4)24(22-15)20-11-8-19(9-12-20)10-13-21(25)23-16(2)6-5-7-17(23)3/h8-9,11-12,14,16-17H,5-7,10,13H2,1-4H3. The zero-order chi connectivity index (χ0) is 18.0. The normalized spacial score (nSPS) is 20.7. The minimum absolute atomic E-state index is 0.294. The van der Waals surface area contributed by atoms with Gasteiger partial charge in [0.1, 0.15) is 0 Å². The second kappa shape index (κ2) is 7.42. The summed E-state index contributed by atoms with van der Waals surface area (Å²) in [4.78, 5) is 14.7. The number of aromatic nitrogens is 2. The van der Waals surface area contributed by atoms with E-state index in [0.29, 0.717) is 24.4 Å². The molecule has 2 atom stereocenters. The van der Waals surface area contributed by atoms with E-state index >= 15 is 0 Å². The van der Waals surface area contributed by atoms with Crippen LogP contribution in [0.3, 0.4) is 0 Å². The number of carbonyl (C=O) groups excluding carboxylic acids is 1. The highest BCUT2D eigenvalue weighted by atomic mass is 16.2. The van der Waals surface area contributed by atoms with Gasteiger partial charge < -0.3 is 4.90 Å². The van der Waals surface area contributed by atoms with Crippen molar-refractivity contribution in [1.29, 1.82) is 0 Å². The lowest BCUT2D eigenvalue weighted by Crippen LogP contribution is -2.47. The van der Waals surface area contributed by atoms with Crippen LogP contribution < -0.4 is 0 Å². The number of hydrogen-bond acceptors (Lipinski definition) is 2. The van der Waals surface area contributed by atoms with Crippen LogP contribution in [-0.2, 0) is 11.2 Å². The third-order valence-electron chi connectivity index (χ3n) is 5.30. The van der Waals surface area contributed by atoms with Crippen molar-refractivity contribution >= 4 is 5.91 Å². The van der Waals surface area contributed by atoms with Gasteiger partial charge in [-0.3, -0.25) is 4.79 Å². The maximum Gasteiger partial charge on any atom is 0.223 e. The molecular formula is C21H29N3O. The molecule has 0 spiro atoms. The Balaban J connectivity index is 1.62. The molecule has 134 valence electrons. The van der Waals surface area contributed by atoms with Crippen molar-refractivity contribution < 1.29 is 4.79 Å². The van der Waals surface area contributed by atoms with E-state index in [-0.39, 0.29) is 0 Å². The number of hydrogen-bond donors (Lipinski definition) is 0. The highest BCUT2D eigenvalue weighted by molar-refractivity contribution is 5.77. The van der Waals surface area contributed by atoms with Crippen molar-refractivity contribution in [1.82, 2.24) is 14.7 Å². The van der Waals surface area contributed by atoms with Crippen LogP contribution >= 0.6 is 0 Å². The molecule has 2 aromatic rings. The summed E-state index contributed by atoms with van der Waals surface area (Å²) in [6, 6.07) is 11.2. The van der Waals surface area contributed by atoms with Crippen LogP contribution in [0.2, 0.25) is 0 Å². The lowest BCUT2D eigenvalue weighted by molar-refractivity contribution is -0.137. The molecule has 2 heterocycles. The van der Waals surface area contributed by atoms with E-state index in [0.717, 1.165) is 36.3 Å². The minimum atomic E-state index is 0.294. The molecule has 0 aliphatic carbocycles. The Morgan fingerprint density at radius 2 is 1.76 bits per heavy atom. The van der Waals surface area contributed by atoms with Crippen molar-refractivity contribution in [2.45, 2.75) is 71.9 Å². The fourth-order valence-corrected chi connectivity index (χ4v) is 3.99. The van der Waals surface area contributed by atoms with E-state index in [1.807, 2.05) is 11.6 Å². The summed E-state index contributed by atoms with van der Waals surface area (Å²) < 4.78 is 1.96. The number of likely N-dealkylation sites (tertiary alicyclic amines) is 1. The van der Waals surface area contributed by atoms with Gasteiger partial charge in [0.2, 0.25) is 5.91 Å². The monoisotopic (exact) mass is 339 g/mol. The van der Waals surface area contributed by atoms with Gasteiger partial charge in [-0.15, -0.1) is 0 Å². The van der Waals surface area contributed by atoms with Gasteiger partial charge in [0.05, 0.1) is 11.4 Å². The van der Waals surface area contributed by atoms with Gasteiger partial charge in [0.25, 0.3) is 0 Å². The zero-order valence-electron chi connectivity index (χ0n) is 15.8. The zero-order valence-corrected chi connectivity index (χ0v) is 15.8. The number of benzene rings is 1. The van der Waals surface area contributed by atoms with E-state index in [9.17, 15) is 4.79 Å². The molecule has 3 rings (SSSR count). The molecule has 0 N–H and O–H groups in total. The van der Waals surface area contributed by atoms with Gasteiger partial charge in [0.15, 0.2) is 0 Å². The number of rotatable bonds is 4. The molecule has 1 aliphatic heterocycles. The van der Waals surface area contributed by atoms with E-state index in [1.54, 1.807) is 0 Å². The summed E-state index contributed by atoms with van der Waals surface area (Å²) in [6.45, 7) is 8.42. The van der Waals surface area contributed by atoms with Crippen molar-refractivity contribution in [2.24, 2.45) is 0 Å². The first-order valence-corrected chi connectivity index (χ1v) is 9.39. The molecule has 2 unspecified atom stereocenters. The Bertz CT molecular complexity index is 722. The number of amides is 1. The molecule has 0 radical (unpaired) electrons. The first-order chi connectivity index (χ1) is 12.0. The summed E-state index contributed by atoms with van der Waals surface area (Å²) in [5.74, 6) is 0.294. The smallest absolute Gasteiger partial charge is 0.223 e. The fraction of sp³-hybridized carbons (Fsp3) is 0.524. The molecule has 25 heavy (non-hydrogen) atoms. The van der Waals surface area contributed by atoms with Crippen molar-refractivity contribution in [3.63, 3.8) is 0 Å². The van der Waals surface area contributed by atoms with E-state index < -0.39 is 0 Å². The predicted molar refractivity (Wildman–Crippen MR) is 101 cm³/mol. The molecular weight excluding hydrogens is 310 g/mol. The molecule has 1 fully saturated rings. The van der Waals surface area contributed by atoms with Crippen molar-refractivity contribution in [2.75, 3.05) is 0 Å². The highest BCUT2D eigenvalue weighted by Crippen LogP contribution is 2.23. The molecule has 1 saturated heterocycles. The number of piperidine rings is 1. The van der Waals surface area contributed by atoms with Gasteiger partial charge in [0, 0.05) is 24.2 Å². The van der Waals surface area contributed by atoms with Crippen LogP contribution in [0.4, 0.5) is 0 Å². The Morgan fingerprint density at radius 1 is 1.12 bits per heavy atom. The third kappa shape index (κ3) is 3.94. The average Bonchev–Trinajstić information content (AvgIpc) is 2.91. The van der Waals surface area contributed by atoms with E-state index in [1.165, 1.54) is 12.0 Å². The lowest BCUT2D eigenvalue weighted by Gasteiger charge is -2.39. The summed E-state index contributed by atoms with van der Waals surface area (Å²) in [5.41, 5.74) is 4.43. The number of carbonyl (C=O) groups is 1. The number of aryl methyl sites for hydroxylation is 3. The highest BCUT2D eigenvalue weighted by Gasteiger charge is 2.28. The fourth-order valence-electron chi connectivity index (χ4n) is 3.99. The first kappa shape index (κ1) is 17.7. The van der Waals surface area contributed by atoms with Gasteiger partial charge in [-0.25, -0.2) is 4.68 Å². The van der Waals surface area contributed by atoms with Crippen LogP contribution in [0.1, 0.15) is 56.5 Å². The van der Waals surface area contributed by atoms with Gasteiger partial charge in [-0.1, -0.05) is 12.1 Å². The summed E-state index contributed by atoms with van der Waals surface area (Å²) in [7, 11) is 0. The molecule has 1 aliphatic rings. The van der Waals surface area contributed by atoms with Gasteiger partial charge in [-0.2, -0.15) is 5.10 Å². The summed E-state index contributed by atoms with van der Waals surface area (Å²) in [6.07, 6.45) is 4.89. The number of nitrogens with zero attached hydrogens (tertiary/aromatic N) is 3. The maximum atomic E-state index is 12.6. The molecule has 1 aromatic carbocycles. The molecule has 4 nitrogen and oxygen atoms in total. The summed E-state index contributed by atoms with van der Waals surface area (Å²) >= 11 is 0. The van der Waals surface area contributed by atoms with Crippen LogP contribution in [0.5, 0.6) is 0 Å². The second-order valence-electron chi connectivity index (χ2n) is 7.44. The lowest BCUT2D eigenvalue weighted by atomic mass is 9.96. The molecule has 1 aromatic heterocycles. The second-order valence-corrected chi connectivity index (χ2v) is 7.44. The SMILES string of the molecule is Cc1cc(C)n(-c2ccc(CCC(=O)N3C(C)CCCC3C)cc2)n1. The largest absolute Gasteiger partial charge is 0.337 e. The molecule has 1 amide bonds. The van der Waals surface area contributed by atoms with Crippen LogP contribution in [0.15, 0.2) is 30.3 Å². The van der Waals surface area contributed by atoms with Gasteiger partial charge >= 0.3 is 0 Å². The average molecular weight is 339 g/mol. The molecule has 0 bridgehead atoms. The predicted octanol–water partition coefficient (Wildman–Crippen LogP) is 4.21. The Morgan fingerprint density at radius 3 is 2.32 bits per heavy atom. The Kier molecular flexibility index (Phi) is 5.26. The quantitative estimate of drug-likeness (QED) is 0.837. The molecule has 0 saturated carbocycles. The van der Waals surface area contributed by atoms with E-state index in [2.05, 4.69) is 61.1 Å². The van der Waals surface area contributed by atoms with Crippen molar-refractivity contribution in [3.8, 4) is 5.69 Å². The topological polar surface area (TPSA) is 38.1 Å². The van der Waals surface area contributed by atoms with Crippen LogP contribution in [0, 0.1) is 13.8 Å². The van der Waals surface area contributed by atoms with Crippen molar-refractivity contribution in [3.05, 3.63) is 47.3 Å². The van der Waals surface area contributed by atoms with Crippen LogP contribution in [0.25, 0.3) is 5.69 Å². The summed E-state index contributed by atoms with van der Waals surface area (Å²) in [5, 5.41) is 4.52. The van der Waals surface area contributed by atoms with Gasteiger partial charge in [-0.05, 0) is 77.1 Å². The minimum Gasteiger partial charge on any atom is -0.337 e. The van der Waals surface area contributed by atoms with Crippen LogP contribution in [-0.4, -0.2) is 32.7 Å².